The summed E-state index contributed by atoms with van der Waals surface area (Å²) in [5.74, 6) is -2.37. The van der Waals surface area contributed by atoms with E-state index in [2.05, 4.69) is 38.0 Å². The zero-order chi connectivity index (χ0) is 56.6. The summed E-state index contributed by atoms with van der Waals surface area (Å²) in [5.41, 5.74) is 4.77. The standard InChI is InChI=1S/C62H83N9O7/c1-12-49(42-22-14-13-15-23-42)69(58(76)51-33-44-24-16-17-25-45(44)36-70(51)59(77)52(61(4,5)6)67-54(72)38(2)63-10)35-40-29-31-43(32-30-40)56(74)65-46-34-50(57(75)66-48-28-20-26-41-21-18-19-27-47(41)48)71(37-46)60(78)53(62(7,8)9)68-55(73)39(3)64-11/h13-19,21-25,27,29-32,38-39,46,48-53,63-64H,12,20,26,28,33-37H2,1-11H3,(H,65,74)(H,66,75)(H,67,72)(H,68,73)/t38-,39-,46?,48?,49?,50-,51-,52+,53+/m0/s1. The average Bonchev–Trinajstić information content (AvgIpc) is 3.86. The Kier molecular flexibility index (Phi) is 19.0. The molecule has 1 aliphatic carbocycles. The summed E-state index contributed by atoms with van der Waals surface area (Å²) in [5, 5.41) is 18.2. The fraction of sp³-hybridized carbons (Fsp3) is 0.500. The van der Waals surface area contributed by atoms with Crippen molar-refractivity contribution in [2.75, 3.05) is 20.6 Å². The van der Waals surface area contributed by atoms with E-state index in [-0.39, 0.29) is 74.1 Å². The fourth-order valence-corrected chi connectivity index (χ4v) is 11.1. The molecular weight excluding hydrogens is 983 g/mol. The molecule has 4 aromatic carbocycles. The van der Waals surface area contributed by atoms with Crippen LogP contribution in [-0.4, -0.2) is 119 Å². The number of carbonyl (C=O) groups excluding carboxylic acids is 7. The highest BCUT2D eigenvalue weighted by molar-refractivity contribution is 5.97. The number of rotatable bonds is 18. The first-order valence-corrected chi connectivity index (χ1v) is 27.8. The summed E-state index contributed by atoms with van der Waals surface area (Å²) >= 11 is 0. The average molecular weight is 1070 g/mol. The van der Waals surface area contributed by atoms with Crippen molar-refractivity contribution >= 4 is 41.4 Å². The highest BCUT2D eigenvalue weighted by Crippen LogP contribution is 2.35. The lowest BCUT2D eigenvalue weighted by Crippen LogP contribution is -2.62. The third-order valence-corrected chi connectivity index (χ3v) is 16.0. The van der Waals surface area contributed by atoms with Gasteiger partial charge in [0.2, 0.25) is 35.4 Å². The molecular formula is C62H83N9O7. The van der Waals surface area contributed by atoms with Gasteiger partial charge in [0.25, 0.3) is 5.91 Å². The lowest BCUT2D eigenvalue weighted by Gasteiger charge is -2.44. The first-order chi connectivity index (χ1) is 37.0. The lowest BCUT2D eigenvalue weighted by atomic mass is 9.84. The molecule has 78 heavy (non-hydrogen) atoms. The molecule has 0 aromatic heterocycles. The van der Waals surface area contributed by atoms with Gasteiger partial charge in [0.05, 0.1) is 24.2 Å². The zero-order valence-electron chi connectivity index (χ0n) is 47.6. The molecule has 1 saturated heterocycles. The summed E-state index contributed by atoms with van der Waals surface area (Å²) in [6, 6.07) is 26.8. The number of likely N-dealkylation sites (tertiary alicyclic amines) is 1. The van der Waals surface area contributed by atoms with Crippen LogP contribution in [0.1, 0.15) is 144 Å². The molecule has 0 radical (unpaired) electrons. The van der Waals surface area contributed by atoms with Gasteiger partial charge in [-0.25, -0.2) is 0 Å². The molecule has 6 N–H and O–H groups in total. The zero-order valence-corrected chi connectivity index (χ0v) is 47.6. The van der Waals surface area contributed by atoms with Crippen molar-refractivity contribution in [3.63, 3.8) is 0 Å². The summed E-state index contributed by atoms with van der Waals surface area (Å²) in [4.78, 5) is 106. The van der Waals surface area contributed by atoms with Gasteiger partial charge in [0.15, 0.2) is 0 Å². The minimum atomic E-state index is -0.966. The van der Waals surface area contributed by atoms with Crippen molar-refractivity contribution in [3.8, 4) is 0 Å². The summed E-state index contributed by atoms with van der Waals surface area (Å²) in [6.45, 7) is 17.2. The number of benzene rings is 4. The third kappa shape index (κ3) is 13.7. The molecule has 16 nitrogen and oxygen atoms in total. The largest absolute Gasteiger partial charge is 0.347 e. The van der Waals surface area contributed by atoms with Gasteiger partial charge >= 0.3 is 0 Å². The van der Waals surface area contributed by atoms with Crippen LogP contribution in [0.3, 0.4) is 0 Å². The van der Waals surface area contributed by atoms with E-state index in [0.29, 0.717) is 12.0 Å². The monoisotopic (exact) mass is 1070 g/mol. The minimum Gasteiger partial charge on any atom is -0.347 e. The summed E-state index contributed by atoms with van der Waals surface area (Å²) in [7, 11) is 3.36. The normalized spacial score (nSPS) is 20.1. The van der Waals surface area contributed by atoms with Crippen LogP contribution in [0, 0.1) is 10.8 Å². The summed E-state index contributed by atoms with van der Waals surface area (Å²) < 4.78 is 0. The fourth-order valence-electron chi connectivity index (χ4n) is 11.1. The summed E-state index contributed by atoms with van der Waals surface area (Å²) in [6.07, 6.45) is 3.58. The topological polar surface area (TPSA) is 201 Å². The predicted molar refractivity (Wildman–Crippen MR) is 302 cm³/mol. The first kappa shape index (κ1) is 58.8. The first-order valence-electron chi connectivity index (χ1n) is 27.8. The maximum absolute atomic E-state index is 15.6. The molecule has 0 saturated carbocycles. The van der Waals surface area contributed by atoms with Crippen LogP contribution in [0.4, 0.5) is 0 Å². The molecule has 3 unspecified atom stereocenters. The molecule has 2 aliphatic heterocycles. The number of nitrogens with zero attached hydrogens (tertiary/aromatic N) is 3. The van der Waals surface area contributed by atoms with E-state index in [1.54, 1.807) is 45.0 Å². The lowest BCUT2D eigenvalue weighted by molar-refractivity contribution is -0.152. The number of carbonyl (C=O) groups is 7. The Morgan fingerprint density at radius 1 is 0.654 bits per heavy atom. The smallest absolute Gasteiger partial charge is 0.251 e. The van der Waals surface area contributed by atoms with Crippen molar-refractivity contribution in [2.24, 2.45) is 10.8 Å². The van der Waals surface area contributed by atoms with Gasteiger partial charge < -0.3 is 46.6 Å². The molecule has 9 atom stereocenters. The van der Waals surface area contributed by atoms with E-state index < -0.39 is 64.9 Å². The molecule has 7 amide bonds. The van der Waals surface area contributed by atoms with E-state index in [4.69, 9.17) is 0 Å². The van der Waals surface area contributed by atoms with Gasteiger partial charge in [-0.15, -0.1) is 0 Å². The van der Waals surface area contributed by atoms with Crippen LogP contribution < -0.4 is 31.9 Å². The van der Waals surface area contributed by atoms with Crippen molar-refractivity contribution in [1.29, 1.82) is 0 Å². The van der Waals surface area contributed by atoms with E-state index in [9.17, 15) is 24.0 Å². The SMILES string of the molecule is CCC(c1ccccc1)N(Cc1ccc(C(=O)NC2C[C@@H](C(=O)NC3CCCc4ccccc43)N(C(=O)[C@@H](NC(=O)[C@H](C)NC)C(C)(C)C)C2)cc1)C(=O)[C@@H]1Cc2ccccc2CN1C(=O)[C@@H](NC(=O)[C@H](C)NC)C(C)(C)C. The number of hydrogen-bond donors (Lipinski definition) is 6. The molecule has 1 fully saturated rings. The molecule has 2 heterocycles. The second-order valence-corrected chi connectivity index (χ2v) is 23.7. The highest BCUT2D eigenvalue weighted by Gasteiger charge is 2.47. The number of likely N-dealkylation sites (N-methyl/N-ethyl adjacent to an activating group) is 2. The predicted octanol–water partition coefficient (Wildman–Crippen LogP) is 6.29. The van der Waals surface area contributed by atoms with E-state index in [1.165, 1.54) is 10.5 Å². The highest BCUT2D eigenvalue weighted by atomic mass is 16.2. The minimum absolute atomic E-state index is 0.0457. The Bertz CT molecular complexity index is 2790. The van der Waals surface area contributed by atoms with Gasteiger partial charge in [0, 0.05) is 37.7 Å². The maximum Gasteiger partial charge on any atom is 0.251 e. The third-order valence-electron chi connectivity index (χ3n) is 16.0. The van der Waals surface area contributed by atoms with Crippen LogP contribution in [0.2, 0.25) is 0 Å². The Morgan fingerprint density at radius 2 is 1.21 bits per heavy atom. The van der Waals surface area contributed by atoms with Gasteiger partial charge in [0.1, 0.15) is 24.2 Å². The van der Waals surface area contributed by atoms with E-state index in [1.807, 2.05) is 138 Å². The molecule has 418 valence electrons. The van der Waals surface area contributed by atoms with Crippen molar-refractivity contribution < 1.29 is 33.6 Å². The number of fused-ring (bicyclic) bond motifs is 2. The number of aryl methyl sites for hydroxylation is 1. The molecule has 0 bridgehead atoms. The van der Waals surface area contributed by atoms with Crippen LogP contribution in [0.25, 0.3) is 0 Å². The van der Waals surface area contributed by atoms with Crippen molar-refractivity contribution in [1.82, 2.24) is 46.6 Å². The molecule has 0 spiro atoms. The Balaban J connectivity index is 1.15. The Morgan fingerprint density at radius 3 is 1.78 bits per heavy atom. The van der Waals surface area contributed by atoms with Crippen LogP contribution in [-0.2, 0) is 54.7 Å². The van der Waals surface area contributed by atoms with Crippen molar-refractivity contribution in [3.05, 3.63) is 142 Å². The van der Waals surface area contributed by atoms with Crippen molar-refractivity contribution in [2.45, 2.75) is 168 Å². The molecule has 7 rings (SSSR count). The number of nitrogens with one attached hydrogen (secondary N) is 6. The number of amides is 7. The van der Waals surface area contributed by atoms with Crippen LogP contribution in [0.5, 0.6) is 0 Å². The second kappa shape index (κ2) is 25.3. The van der Waals surface area contributed by atoms with E-state index in [0.717, 1.165) is 47.1 Å². The van der Waals surface area contributed by atoms with Gasteiger partial charge in [-0.1, -0.05) is 139 Å². The van der Waals surface area contributed by atoms with E-state index >= 15 is 9.59 Å². The number of hydrogen-bond acceptors (Lipinski definition) is 9. The van der Waals surface area contributed by atoms with Gasteiger partial charge in [-0.3, -0.25) is 33.6 Å². The Hall–Kier alpha value is -6.91. The van der Waals surface area contributed by atoms with Gasteiger partial charge in [-0.2, -0.15) is 0 Å². The Labute approximate surface area is 461 Å². The van der Waals surface area contributed by atoms with Crippen LogP contribution in [0.15, 0.2) is 103 Å². The van der Waals surface area contributed by atoms with Gasteiger partial charge in [-0.05, 0) is 116 Å². The molecule has 4 aromatic rings. The quantitative estimate of drug-likeness (QED) is 0.0663. The second-order valence-electron chi connectivity index (χ2n) is 23.7. The maximum atomic E-state index is 15.6. The molecule has 3 aliphatic rings. The van der Waals surface area contributed by atoms with Crippen LogP contribution >= 0.6 is 0 Å². The molecule has 16 heteroatoms.